The van der Waals surface area contributed by atoms with Gasteiger partial charge in [0.05, 0.1) is 3.57 Å². The summed E-state index contributed by atoms with van der Waals surface area (Å²) in [6, 6.07) is 46.0. The van der Waals surface area contributed by atoms with E-state index in [9.17, 15) is 10.2 Å². The van der Waals surface area contributed by atoms with Crippen LogP contribution in [0.15, 0.2) is 138 Å². The second kappa shape index (κ2) is 10.6. The van der Waals surface area contributed by atoms with Crippen molar-refractivity contribution in [3.63, 3.8) is 0 Å². The minimum absolute atomic E-state index is 0.0905. The molecule has 4 heteroatoms. The molecule has 0 saturated heterocycles. The number of phenolic OH excluding ortho intramolecular Hbond substituents is 2. The molecule has 1 heterocycles. The van der Waals surface area contributed by atoms with Crippen molar-refractivity contribution in [1.82, 2.24) is 0 Å². The van der Waals surface area contributed by atoms with Gasteiger partial charge in [0.15, 0.2) is 0 Å². The SMILES string of the molecule is Cc1c(O)c(I)c2c(-c3cccc4oc5cc(-c6cccc7ccccc67)ccc5c34)c3ccccc3c(-c3ccccc3)c2c1O. The summed E-state index contributed by atoms with van der Waals surface area (Å²) in [5.41, 5.74) is 8.21. The summed E-state index contributed by atoms with van der Waals surface area (Å²) in [4.78, 5) is 0. The van der Waals surface area contributed by atoms with Crippen molar-refractivity contribution in [2.24, 2.45) is 0 Å². The number of aromatic hydroxyl groups is 2. The van der Waals surface area contributed by atoms with Gasteiger partial charge in [-0.3, -0.25) is 0 Å². The molecule has 224 valence electrons. The maximum atomic E-state index is 11.8. The van der Waals surface area contributed by atoms with Gasteiger partial charge in [-0.15, -0.1) is 0 Å². The second-order valence-corrected chi connectivity index (χ2v) is 13.1. The summed E-state index contributed by atoms with van der Waals surface area (Å²) in [5.74, 6) is 0.183. The fourth-order valence-corrected chi connectivity index (χ4v) is 8.28. The lowest BCUT2D eigenvalue weighted by Crippen LogP contribution is -1.96. The van der Waals surface area contributed by atoms with Crippen molar-refractivity contribution in [2.75, 3.05) is 0 Å². The Morgan fingerprint density at radius 1 is 0.489 bits per heavy atom. The van der Waals surface area contributed by atoms with Gasteiger partial charge >= 0.3 is 0 Å². The van der Waals surface area contributed by atoms with E-state index >= 15 is 0 Å². The fourth-order valence-electron chi connectivity index (χ4n) is 7.34. The van der Waals surface area contributed by atoms with E-state index in [0.717, 1.165) is 76.9 Å². The van der Waals surface area contributed by atoms with Crippen LogP contribution < -0.4 is 0 Å². The molecule has 8 aromatic carbocycles. The largest absolute Gasteiger partial charge is 0.507 e. The molecule has 2 N–H and O–H groups in total. The molecule has 0 aliphatic heterocycles. The van der Waals surface area contributed by atoms with E-state index in [1.807, 2.05) is 36.4 Å². The van der Waals surface area contributed by atoms with Crippen LogP contribution >= 0.6 is 22.6 Å². The molecule has 0 bridgehead atoms. The van der Waals surface area contributed by atoms with Gasteiger partial charge in [0, 0.05) is 32.7 Å². The lowest BCUT2D eigenvalue weighted by atomic mass is 9.83. The zero-order valence-corrected chi connectivity index (χ0v) is 27.5. The van der Waals surface area contributed by atoms with Crippen molar-refractivity contribution < 1.29 is 14.6 Å². The van der Waals surface area contributed by atoms with Gasteiger partial charge in [-0.25, -0.2) is 0 Å². The average Bonchev–Trinajstić information content (AvgIpc) is 3.50. The first-order valence-electron chi connectivity index (χ1n) is 15.6. The van der Waals surface area contributed by atoms with Crippen LogP contribution in [0.2, 0.25) is 0 Å². The Labute approximate surface area is 284 Å². The van der Waals surface area contributed by atoms with Crippen molar-refractivity contribution in [3.8, 4) is 44.9 Å². The molecule has 0 amide bonds. The van der Waals surface area contributed by atoms with Crippen molar-refractivity contribution in [1.29, 1.82) is 0 Å². The second-order valence-electron chi connectivity index (χ2n) is 12.1. The normalized spacial score (nSPS) is 11.8. The van der Waals surface area contributed by atoms with Crippen molar-refractivity contribution in [2.45, 2.75) is 6.92 Å². The van der Waals surface area contributed by atoms with Gasteiger partial charge in [0.2, 0.25) is 0 Å². The Bertz CT molecular complexity index is 2720. The maximum absolute atomic E-state index is 11.8. The topological polar surface area (TPSA) is 53.6 Å². The van der Waals surface area contributed by atoms with Crippen LogP contribution in [0.25, 0.3) is 87.6 Å². The van der Waals surface area contributed by atoms with E-state index in [0.29, 0.717) is 9.13 Å². The molecule has 0 radical (unpaired) electrons. The summed E-state index contributed by atoms with van der Waals surface area (Å²) >= 11 is 2.24. The predicted molar refractivity (Wildman–Crippen MR) is 203 cm³/mol. The molecule has 1 aromatic heterocycles. The molecule has 0 spiro atoms. The number of benzene rings is 8. The van der Waals surface area contributed by atoms with Crippen LogP contribution in [0.1, 0.15) is 5.56 Å². The van der Waals surface area contributed by atoms with E-state index in [-0.39, 0.29) is 11.5 Å². The third-order valence-electron chi connectivity index (χ3n) is 9.52. The van der Waals surface area contributed by atoms with Gasteiger partial charge in [-0.05, 0) is 97.1 Å². The van der Waals surface area contributed by atoms with Gasteiger partial charge in [0.1, 0.15) is 22.7 Å². The monoisotopic (exact) mass is 718 g/mol. The van der Waals surface area contributed by atoms with Crippen LogP contribution in [-0.2, 0) is 0 Å². The van der Waals surface area contributed by atoms with Crippen molar-refractivity contribution >= 4 is 76.8 Å². The van der Waals surface area contributed by atoms with Gasteiger partial charge in [-0.1, -0.05) is 115 Å². The highest BCUT2D eigenvalue weighted by Crippen LogP contribution is 2.53. The van der Waals surface area contributed by atoms with E-state index < -0.39 is 0 Å². The minimum atomic E-state index is 0.0905. The summed E-state index contributed by atoms with van der Waals surface area (Å²) in [6.45, 7) is 1.77. The molecule has 0 unspecified atom stereocenters. The first-order valence-corrected chi connectivity index (χ1v) is 16.7. The quantitative estimate of drug-likeness (QED) is 0.141. The van der Waals surface area contributed by atoms with E-state index in [1.165, 1.54) is 10.8 Å². The van der Waals surface area contributed by atoms with Crippen molar-refractivity contribution in [3.05, 3.63) is 143 Å². The summed E-state index contributed by atoms with van der Waals surface area (Å²) in [6.07, 6.45) is 0. The Hall–Kier alpha value is -5.33. The first kappa shape index (κ1) is 27.9. The highest BCUT2D eigenvalue weighted by Gasteiger charge is 2.26. The van der Waals surface area contributed by atoms with Crippen LogP contribution in [-0.4, -0.2) is 10.2 Å². The van der Waals surface area contributed by atoms with Gasteiger partial charge in [0.25, 0.3) is 0 Å². The third-order valence-corrected chi connectivity index (χ3v) is 10.6. The lowest BCUT2D eigenvalue weighted by molar-refractivity contribution is 0.445. The number of fused-ring (bicyclic) bond motifs is 6. The summed E-state index contributed by atoms with van der Waals surface area (Å²) < 4.78 is 7.30. The average molecular weight is 719 g/mol. The maximum Gasteiger partial charge on any atom is 0.136 e. The molecule has 0 aliphatic carbocycles. The highest BCUT2D eigenvalue weighted by molar-refractivity contribution is 14.1. The van der Waals surface area contributed by atoms with Crippen LogP contribution in [0, 0.1) is 10.5 Å². The Morgan fingerprint density at radius 2 is 1.15 bits per heavy atom. The lowest BCUT2D eigenvalue weighted by Gasteiger charge is -2.21. The van der Waals surface area contributed by atoms with Gasteiger partial charge in [-0.2, -0.15) is 0 Å². The Balaban J connectivity index is 1.41. The van der Waals surface area contributed by atoms with Gasteiger partial charge < -0.3 is 14.6 Å². The highest BCUT2D eigenvalue weighted by atomic mass is 127. The molecule has 9 aromatic rings. The number of rotatable bonds is 3. The molecule has 0 aliphatic rings. The Morgan fingerprint density at radius 3 is 1.96 bits per heavy atom. The van der Waals surface area contributed by atoms with Crippen LogP contribution in [0.5, 0.6) is 11.5 Å². The number of phenols is 2. The molecule has 0 atom stereocenters. The summed E-state index contributed by atoms with van der Waals surface area (Å²) in [7, 11) is 0. The molecular weight excluding hydrogens is 691 g/mol. The number of furan rings is 1. The van der Waals surface area contributed by atoms with E-state index in [2.05, 4.69) is 120 Å². The zero-order valence-electron chi connectivity index (χ0n) is 25.4. The van der Waals surface area contributed by atoms with Crippen LogP contribution in [0.4, 0.5) is 0 Å². The first-order chi connectivity index (χ1) is 23.0. The Kier molecular flexibility index (Phi) is 6.31. The zero-order chi connectivity index (χ0) is 31.8. The van der Waals surface area contributed by atoms with Crippen LogP contribution in [0.3, 0.4) is 0 Å². The smallest absolute Gasteiger partial charge is 0.136 e. The molecule has 47 heavy (non-hydrogen) atoms. The third kappa shape index (κ3) is 4.11. The number of halogens is 1. The molecular formula is C43H27IO3. The molecule has 0 fully saturated rings. The molecule has 0 saturated carbocycles. The number of hydrogen-bond donors (Lipinski definition) is 2. The van der Waals surface area contributed by atoms with E-state index in [1.54, 1.807) is 6.92 Å². The number of hydrogen-bond acceptors (Lipinski definition) is 3. The standard InChI is InChI=1S/C43H27IO3/c1-24-42(45)40-36(26-12-3-2-4-13-26)30-16-7-8-17-31(30)38(39(40)41(44)43(24)46)33-19-10-20-34-37(33)32-22-21-27(23-35(32)47-34)29-18-9-14-25-11-5-6-15-28(25)29/h2-23,45-46H,1H3. The molecule has 9 rings (SSSR count). The fraction of sp³-hybridized carbons (Fsp3) is 0.0233. The predicted octanol–water partition coefficient (Wildman–Crippen LogP) is 12.4. The summed E-state index contributed by atoms with van der Waals surface area (Å²) in [5, 5.41) is 31.2. The van der Waals surface area contributed by atoms with E-state index in [4.69, 9.17) is 4.42 Å². The molecule has 3 nitrogen and oxygen atoms in total. The minimum Gasteiger partial charge on any atom is -0.507 e.